The van der Waals surface area contributed by atoms with Gasteiger partial charge in [0, 0.05) is 32.0 Å². The van der Waals surface area contributed by atoms with Crippen molar-refractivity contribution in [2.24, 2.45) is 5.73 Å². The lowest BCUT2D eigenvalue weighted by Gasteiger charge is -2.22. The van der Waals surface area contributed by atoms with E-state index in [2.05, 4.69) is 0 Å². The van der Waals surface area contributed by atoms with Gasteiger partial charge in [-0.25, -0.2) is 0 Å². The van der Waals surface area contributed by atoms with Crippen LogP contribution in [0.4, 0.5) is 0 Å². The Labute approximate surface area is 134 Å². The Kier molecular flexibility index (Phi) is 4.95. The molecule has 0 spiro atoms. The Hall–Kier alpha value is -1.59. The van der Waals surface area contributed by atoms with E-state index in [1.165, 1.54) is 0 Å². The fourth-order valence-electron chi connectivity index (χ4n) is 2.85. The van der Waals surface area contributed by atoms with Crippen LogP contribution in [0.2, 0.25) is 0 Å². The smallest absolute Gasteiger partial charge is 0.223 e. The fraction of sp³-hybridized carbons (Fsp3) is 0.471. The molecule has 1 amide bonds. The molecule has 0 aromatic carbocycles. The molecule has 0 saturated carbocycles. The van der Waals surface area contributed by atoms with Crippen molar-refractivity contribution in [1.29, 1.82) is 0 Å². The van der Waals surface area contributed by atoms with Crippen LogP contribution in [0.15, 0.2) is 34.1 Å². The number of rotatable bonds is 4. The van der Waals surface area contributed by atoms with Gasteiger partial charge in [0.25, 0.3) is 0 Å². The molecule has 0 bridgehead atoms. The summed E-state index contributed by atoms with van der Waals surface area (Å²) in [5, 5.41) is 2.03. The second-order valence-electron chi connectivity index (χ2n) is 5.84. The van der Waals surface area contributed by atoms with Gasteiger partial charge in [0.15, 0.2) is 0 Å². The van der Waals surface area contributed by atoms with Crippen LogP contribution in [-0.4, -0.2) is 29.9 Å². The van der Waals surface area contributed by atoms with E-state index in [4.69, 9.17) is 10.2 Å². The predicted octanol–water partition coefficient (Wildman–Crippen LogP) is 3.28. The quantitative estimate of drug-likeness (QED) is 0.941. The molecule has 3 rings (SSSR count). The Morgan fingerprint density at radius 2 is 2.27 bits per heavy atom. The summed E-state index contributed by atoms with van der Waals surface area (Å²) >= 11 is 1.66. The molecular formula is C17H22N2O2S. The Morgan fingerprint density at radius 3 is 3.09 bits per heavy atom. The highest BCUT2D eigenvalue weighted by atomic mass is 32.1. The average Bonchev–Trinajstić information content (AvgIpc) is 3.14. The molecule has 5 heteroatoms. The molecule has 2 aromatic rings. The molecule has 0 aliphatic carbocycles. The molecule has 2 aromatic heterocycles. The van der Waals surface area contributed by atoms with Crippen LogP contribution in [0, 0.1) is 0 Å². The number of amides is 1. The molecule has 4 nitrogen and oxygen atoms in total. The summed E-state index contributed by atoms with van der Waals surface area (Å²) in [6, 6.07) is 8.12. The van der Waals surface area contributed by atoms with E-state index in [1.807, 2.05) is 34.5 Å². The van der Waals surface area contributed by atoms with Gasteiger partial charge in [-0.3, -0.25) is 4.79 Å². The van der Waals surface area contributed by atoms with E-state index in [0.29, 0.717) is 19.4 Å². The number of nitrogens with zero attached hydrogens (tertiary/aromatic N) is 1. The highest BCUT2D eigenvalue weighted by Crippen LogP contribution is 2.27. The maximum atomic E-state index is 12.3. The summed E-state index contributed by atoms with van der Waals surface area (Å²) in [4.78, 5) is 15.4. The van der Waals surface area contributed by atoms with Crippen LogP contribution >= 0.6 is 11.3 Å². The first-order valence-corrected chi connectivity index (χ1v) is 8.76. The van der Waals surface area contributed by atoms with E-state index >= 15 is 0 Å². The minimum absolute atomic E-state index is 0.125. The minimum Gasteiger partial charge on any atom is -0.460 e. The van der Waals surface area contributed by atoms with E-state index in [1.54, 1.807) is 11.3 Å². The number of carbonyl (C=O) groups excluding carboxylic acids is 1. The van der Waals surface area contributed by atoms with Crippen molar-refractivity contribution in [2.45, 2.75) is 38.1 Å². The molecule has 118 valence electrons. The first-order chi connectivity index (χ1) is 10.7. The van der Waals surface area contributed by atoms with Gasteiger partial charge in [0.2, 0.25) is 5.91 Å². The van der Waals surface area contributed by atoms with Gasteiger partial charge >= 0.3 is 0 Å². The van der Waals surface area contributed by atoms with Crippen molar-refractivity contribution in [3.05, 3.63) is 35.4 Å². The van der Waals surface area contributed by atoms with Gasteiger partial charge in [-0.1, -0.05) is 12.5 Å². The topological polar surface area (TPSA) is 59.5 Å². The molecular weight excluding hydrogens is 296 g/mol. The van der Waals surface area contributed by atoms with Gasteiger partial charge in [-0.2, -0.15) is 0 Å². The monoisotopic (exact) mass is 318 g/mol. The van der Waals surface area contributed by atoms with Gasteiger partial charge in [0.05, 0.1) is 4.88 Å². The van der Waals surface area contributed by atoms with Crippen molar-refractivity contribution in [3.63, 3.8) is 0 Å². The highest BCUT2D eigenvalue weighted by Gasteiger charge is 2.19. The van der Waals surface area contributed by atoms with Crippen molar-refractivity contribution in [1.82, 2.24) is 4.90 Å². The van der Waals surface area contributed by atoms with Gasteiger partial charge in [-0.15, -0.1) is 11.3 Å². The number of carbonyl (C=O) groups is 1. The molecule has 1 fully saturated rings. The van der Waals surface area contributed by atoms with E-state index in [9.17, 15) is 4.79 Å². The number of likely N-dealkylation sites (tertiary alicyclic amines) is 1. The number of nitrogens with two attached hydrogens (primary N) is 1. The minimum atomic E-state index is 0.125. The maximum absolute atomic E-state index is 12.3. The lowest BCUT2D eigenvalue weighted by Crippen LogP contribution is -2.39. The average molecular weight is 318 g/mol. The summed E-state index contributed by atoms with van der Waals surface area (Å²) in [5.41, 5.74) is 6.02. The van der Waals surface area contributed by atoms with Gasteiger partial charge in [0.1, 0.15) is 11.5 Å². The molecule has 1 aliphatic heterocycles. The van der Waals surface area contributed by atoms with Crippen LogP contribution in [0.5, 0.6) is 0 Å². The third kappa shape index (κ3) is 3.78. The molecule has 3 heterocycles. The third-order valence-corrected chi connectivity index (χ3v) is 4.96. The summed E-state index contributed by atoms with van der Waals surface area (Å²) in [5.74, 6) is 1.94. The Bertz CT molecular complexity index is 606. The number of hydrogen-bond acceptors (Lipinski definition) is 4. The Morgan fingerprint density at radius 1 is 1.36 bits per heavy atom. The summed E-state index contributed by atoms with van der Waals surface area (Å²) in [7, 11) is 0. The van der Waals surface area contributed by atoms with Crippen LogP contribution in [0.1, 0.15) is 31.4 Å². The lowest BCUT2D eigenvalue weighted by molar-refractivity contribution is -0.131. The van der Waals surface area contributed by atoms with E-state index < -0.39 is 0 Å². The maximum Gasteiger partial charge on any atom is 0.223 e. The van der Waals surface area contributed by atoms with Crippen molar-refractivity contribution in [3.8, 4) is 10.6 Å². The molecule has 1 saturated heterocycles. The molecule has 2 N–H and O–H groups in total. The second-order valence-corrected chi connectivity index (χ2v) is 6.79. The number of furan rings is 1. The van der Waals surface area contributed by atoms with Crippen molar-refractivity contribution < 1.29 is 9.21 Å². The molecule has 0 radical (unpaired) electrons. The van der Waals surface area contributed by atoms with E-state index in [0.717, 1.165) is 42.2 Å². The normalized spacial score (nSPS) is 19.1. The van der Waals surface area contributed by atoms with Crippen LogP contribution < -0.4 is 5.73 Å². The Balaban J connectivity index is 1.54. The second kappa shape index (κ2) is 7.11. The molecule has 22 heavy (non-hydrogen) atoms. The van der Waals surface area contributed by atoms with Crippen LogP contribution in [-0.2, 0) is 11.2 Å². The zero-order valence-electron chi connectivity index (χ0n) is 12.7. The van der Waals surface area contributed by atoms with Gasteiger partial charge < -0.3 is 15.1 Å². The molecule has 1 aliphatic rings. The summed E-state index contributed by atoms with van der Waals surface area (Å²) in [6.07, 6.45) is 4.34. The number of hydrogen-bond donors (Lipinski definition) is 1. The number of aryl methyl sites for hydroxylation is 1. The lowest BCUT2D eigenvalue weighted by atomic mass is 10.1. The fourth-order valence-corrected chi connectivity index (χ4v) is 3.54. The highest BCUT2D eigenvalue weighted by molar-refractivity contribution is 7.13. The zero-order valence-corrected chi connectivity index (χ0v) is 13.5. The van der Waals surface area contributed by atoms with Crippen LogP contribution in [0.3, 0.4) is 0 Å². The van der Waals surface area contributed by atoms with Crippen LogP contribution in [0.25, 0.3) is 10.6 Å². The first-order valence-electron chi connectivity index (χ1n) is 7.88. The molecule has 0 unspecified atom stereocenters. The summed E-state index contributed by atoms with van der Waals surface area (Å²) in [6.45, 7) is 1.53. The SMILES string of the molecule is N[C@@H]1CCCCN(C(=O)CCc2ccc(-c3cccs3)o2)C1. The third-order valence-electron chi connectivity index (χ3n) is 4.07. The predicted molar refractivity (Wildman–Crippen MR) is 88.7 cm³/mol. The molecule has 1 atom stereocenters. The van der Waals surface area contributed by atoms with Crippen molar-refractivity contribution >= 4 is 17.2 Å². The summed E-state index contributed by atoms with van der Waals surface area (Å²) < 4.78 is 5.83. The zero-order chi connectivity index (χ0) is 15.4. The first kappa shape index (κ1) is 15.3. The van der Waals surface area contributed by atoms with E-state index in [-0.39, 0.29) is 11.9 Å². The standard InChI is InChI=1S/C17H22N2O2S/c18-13-4-1-2-10-19(12-13)17(20)9-7-14-6-8-15(21-14)16-5-3-11-22-16/h3,5-6,8,11,13H,1-2,4,7,9-10,12,18H2/t13-/m1/s1. The van der Waals surface area contributed by atoms with Gasteiger partial charge in [-0.05, 0) is 36.4 Å². The largest absolute Gasteiger partial charge is 0.460 e. The number of thiophene rings is 1. The van der Waals surface area contributed by atoms with Crippen molar-refractivity contribution in [2.75, 3.05) is 13.1 Å².